The Morgan fingerprint density at radius 3 is 2.33 bits per heavy atom. The maximum Gasteiger partial charge on any atom is 0.00981 e. The normalized spacial score (nSPS) is 41.4. The monoisotopic (exact) mass is 209 g/mol. The van der Waals surface area contributed by atoms with Gasteiger partial charge in [0.05, 0.1) is 0 Å². The maximum atomic E-state index is 6.44. The van der Waals surface area contributed by atoms with E-state index in [1.54, 1.807) is 0 Å². The van der Waals surface area contributed by atoms with E-state index in [-0.39, 0.29) is 0 Å². The molecule has 0 spiro atoms. The molecule has 0 amide bonds. The van der Waals surface area contributed by atoms with Crippen molar-refractivity contribution in [3.05, 3.63) is 0 Å². The molecule has 2 fully saturated rings. The molecule has 2 rings (SSSR count). The van der Waals surface area contributed by atoms with Crippen molar-refractivity contribution in [3.63, 3.8) is 0 Å². The largest absolute Gasteiger partial charge is 0.327 e. The molecule has 15 heavy (non-hydrogen) atoms. The van der Waals surface area contributed by atoms with Gasteiger partial charge in [-0.2, -0.15) is 0 Å². The van der Waals surface area contributed by atoms with E-state index in [1.165, 1.54) is 51.4 Å². The van der Waals surface area contributed by atoms with Gasteiger partial charge in [0.25, 0.3) is 0 Å². The highest BCUT2D eigenvalue weighted by molar-refractivity contribution is 4.94. The molecule has 0 saturated heterocycles. The van der Waals surface area contributed by atoms with Crippen LogP contribution < -0.4 is 5.73 Å². The van der Waals surface area contributed by atoms with E-state index in [0.29, 0.717) is 11.5 Å². The molecule has 0 aromatic carbocycles. The zero-order chi connectivity index (χ0) is 10.9. The van der Waals surface area contributed by atoms with Crippen LogP contribution >= 0.6 is 0 Å². The SMILES string of the molecule is CC1CCCC(C2(C)CCCCC2)C1N. The topological polar surface area (TPSA) is 26.0 Å². The summed E-state index contributed by atoms with van der Waals surface area (Å²) < 4.78 is 0. The molecule has 0 aromatic heterocycles. The van der Waals surface area contributed by atoms with Crippen molar-refractivity contribution >= 4 is 0 Å². The third-order valence-electron chi connectivity index (χ3n) is 5.19. The number of rotatable bonds is 1. The zero-order valence-electron chi connectivity index (χ0n) is 10.5. The fourth-order valence-electron chi connectivity index (χ4n) is 3.98. The number of nitrogens with two attached hydrogens (primary N) is 1. The van der Waals surface area contributed by atoms with Gasteiger partial charge in [-0.15, -0.1) is 0 Å². The van der Waals surface area contributed by atoms with Gasteiger partial charge in [-0.1, -0.05) is 39.5 Å². The molecule has 3 unspecified atom stereocenters. The fourth-order valence-corrected chi connectivity index (χ4v) is 3.98. The lowest BCUT2D eigenvalue weighted by Gasteiger charge is -2.47. The van der Waals surface area contributed by atoms with Crippen molar-refractivity contribution in [1.82, 2.24) is 0 Å². The van der Waals surface area contributed by atoms with Gasteiger partial charge in [-0.05, 0) is 42.9 Å². The summed E-state index contributed by atoms with van der Waals surface area (Å²) in [5, 5.41) is 0. The molecule has 0 aliphatic heterocycles. The maximum absolute atomic E-state index is 6.44. The van der Waals surface area contributed by atoms with Crippen molar-refractivity contribution in [3.8, 4) is 0 Å². The van der Waals surface area contributed by atoms with Crippen LogP contribution in [0.15, 0.2) is 0 Å². The molecular formula is C14H27N. The summed E-state index contributed by atoms with van der Waals surface area (Å²) in [5.74, 6) is 1.56. The average molecular weight is 209 g/mol. The minimum atomic E-state index is 0.474. The Hall–Kier alpha value is -0.0400. The number of hydrogen-bond acceptors (Lipinski definition) is 1. The van der Waals surface area contributed by atoms with Gasteiger partial charge in [0.1, 0.15) is 0 Å². The smallest absolute Gasteiger partial charge is 0.00981 e. The average Bonchev–Trinajstić information content (AvgIpc) is 2.23. The first-order valence-electron chi connectivity index (χ1n) is 6.89. The summed E-state index contributed by atoms with van der Waals surface area (Å²) in [6, 6.07) is 0.474. The predicted octanol–water partition coefficient (Wildman–Crippen LogP) is 3.72. The Balaban J connectivity index is 2.06. The van der Waals surface area contributed by atoms with E-state index < -0.39 is 0 Å². The first-order valence-corrected chi connectivity index (χ1v) is 6.89. The molecule has 1 heteroatoms. The lowest BCUT2D eigenvalue weighted by Crippen LogP contribution is -2.47. The van der Waals surface area contributed by atoms with Crippen LogP contribution in [0.4, 0.5) is 0 Å². The standard InChI is InChI=1S/C14H27N/c1-11-7-6-8-12(13(11)15)14(2)9-4-3-5-10-14/h11-13H,3-10,15H2,1-2H3. The molecule has 0 aromatic rings. The van der Waals surface area contributed by atoms with Gasteiger partial charge in [0.15, 0.2) is 0 Å². The first kappa shape index (κ1) is 11.4. The number of hydrogen-bond donors (Lipinski definition) is 1. The van der Waals surface area contributed by atoms with Gasteiger partial charge in [0, 0.05) is 6.04 Å². The molecule has 0 heterocycles. The predicted molar refractivity (Wildman–Crippen MR) is 65.7 cm³/mol. The van der Waals surface area contributed by atoms with E-state index in [2.05, 4.69) is 13.8 Å². The van der Waals surface area contributed by atoms with Crippen molar-refractivity contribution in [1.29, 1.82) is 0 Å². The van der Waals surface area contributed by atoms with Crippen molar-refractivity contribution in [2.75, 3.05) is 0 Å². The summed E-state index contributed by atoms with van der Waals surface area (Å²) >= 11 is 0. The van der Waals surface area contributed by atoms with Crippen LogP contribution in [0.25, 0.3) is 0 Å². The van der Waals surface area contributed by atoms with Crippen molar-refractivity contribution < 1.29 is 0 Å². The van der Waals surface area contributed by atoms with Crippen LogP contribution in [-0.4, -0.2) is 6.04 Å². The Morgan fingerprint density at radius 2 is 1.67 bits per heavy atom. The lowest BCUT2D eigenvalue weighted by atomic mass is 9.60. The van der Waals surface area contributed by atoms with Gasteiger partial charge < -0.3 is 5.73 Å². The molecular weight excluding hydrogens is 182 g/mol. The molecule has 3 atom stereocenters. The molecule has 2 saturated carbocycles. The molecule has 88 valence electrons. The fraction of sp³-hybridized carbons (Fsp3) is 1.00. The van der Waals surface area contributed by atoms with Crippen molar-refractivity contribution in [2.45, 2.75) is 71.3 Å². The second-order valence-corrected chi connectivity index (χ2v) is 6.31. The Morgan fingerprint density at radius 1 is 1.00 bits per heavy atom. The third kappa shape index (κ3) is 2.22. The van der Waals surface area contributed by atoms with E-state index in [0.717, 1.165) is 11.8 Å². The second-order valence-electron chi connectivity index (χ2n) is 6.31. The molecule has 0 radical (unpaired) electrons. The summed E-state index contributed by atoms with van der Waals surface area (Å²) in [5.41, 5.74) is 7.01. The van der Waals surface area contributed by atoms with Gasteiger partial charge in [-0.25, -0.2) is 0 Å². The van der Waals surface area contributed by atoms with E-state index in [4.69, 9.17) is 5.73 Å². The summed E-state index contributed by atoms with van der Waals surface area (Å²) in [6.07, 6.45) is 11.3. The highest BCUT2D eigenvalue weighted by Gasteiger charge is 2.41. The highest BCUT2D eigenvalue weighted by Crippen LogP contribution is 2.48. The van der Waals surface area contributed by atoms with Crippen LogP contribution in [0.2, 0.25) is 0 Å². The summed E-state index contributed by atoms with van der Waals surface area (Å²) in [4.78, 5) is 0. The van der Waals surface area contributed by atoms with Crippen LogP contribution in [0, 0.1) is 17.3 Å². The lowest BCUT2D eigenvalue weighted by molar-refractivity contribution is 0.0522. The van der Waals surface area contributed by atoms with Crippen LogP contribution in [0.1, 0.15) is 65.2 Å². The molecule has 0 bridgehead atoms. The van der Waals surface area contributed by atoms with Crippen LogP contribution in [0.5, 0.6) is 0 Å². The second kappa shape index (κ2) is 4.45. The van der Waals surface area contributed by atoms with Crippen LogP contribution in [0.3, 0.4) is 0 Å². The Kier molecular flexibility index (Phi) is 3.39. The molecule has 2 N–H and O–H groups in total. The van der Waals surface area contributed by atoms with E-state index >= 15 is 0 Å². The molecule has 1 nitrogen and oxygen atoms in total. The zero-order valence-corrected chi connectivity index (χ0v) is 10.5. The summed E-state index contributed by atoms with van der Waals surface area (Å²) in [7, 11) is 0. The third-order valence-corrected chi connectivity index (χ3v) is 5.19. The van der Waals surface area contributed by atoms with E-state index in [9.17, 15) is 0 Å². The Bertz CT molecular complexity index is 205. The molecule has 2 aliphatic carbocycles. The Labute approximate surface area is 94.8 Å². The molecule has 2 aliphatic rings. The van der Waals surface area contributed by atoms with Gasteiger partial charge >= 0.3 is 0 Å². The quantitative estimate of drug-likeness (QED) is 0.700. The van der Waals surface area contributed by atoms with Gasteiger partial charge in [0.2, 0.25) is 0 Å². The first-order chi connectivity index (χ1) is 7.13. The minimum Gasteiger partial charge on any atom is -0.327 e. The van der Waals surface area contributed by atoms with Crippen molar-refractivity contribution in [2.24, 2.45) is 23.0 Å². The highest BCUT2D eigenvalue weighted by atomic mass is 14.7. The van der Waals surface area contributed by atoms with Crippen LogP contribution in [-0.2, 0) is 0 Å². The van der Waals surface area contributed by atoms with Gasteiger partial charge in [-0.3, -0.25) is 0 Å². The summed E-state index contributed by atoms with van der Waals surface area (Å²) in [6.45, 7) is 4.86. The minimum absolute atomic E-state index is 0.474. The van der Waals surface area contributed by atoms with E-state index in [1.807, 2.05) is 0 Å².